The minimum absolute atomic E-state index is 0.208. The Bertz CT molecular complexity index is 3080. The van der Waals surface area contributed by atoms with Crippen molar-refractivity contribution in [3.8, 4) is 56.1 Å². The molecule has 0 unspecified atom stereocenters. The fourth-order valence-electron chi connectivity index (χ4n) is 10.6. The SMILES string of the molecule is CC(C)(C)c1c2cc3c(-c4ccccc4)c(-c4ccccc4)n(-c4ccccc4)c3cc2c(C(C)(C)C)c2cc3c(-c4ccccc4)c(-c4ccccc4)n(-c4ccccc4)c3cc12. The predicted molar refractivity (Wildman–Crippen MR) is 274 cm³/mol. The van der Waals surface area contributed by atoms with Gasteiger partial charge in [0.1, 0.15) is 0 Å². The highest BCUT2D eigenvalue weighted by Gasteiger charge is 2.32. The monoisotopic (exact) mass is 824 g/mol. The van der Waals surface area contributed by atoms with Crippen LogP contribution in [0.5, 0.6) is 0 Å². The summed E-state index contributed by atoms with van der Waals surface area (Å²) in [6.45, 7) is 14.4. The molecule has 0 N–H and O–H groups in total. The van der Waals surface area contributed by atoms with E-state index in [0.717, 1.165) is 11.4 Å². The van der Waals surface area contributed by atoms with Gasteiger partial charge in [0, 0.05) is 33.3 Å². The molecule has 0 saturated carbocycles. The third-order valence-corrected chi connectivity index (χ3v) is 13.0. The molecule has 2 nitrogen and oxygen atoms in total. The van der Waals surface area contributed by atoms with Crippen molar-refractivity contribution in [2.45, 2.75) is 52.4 Å². The molecular weight excluding hydrogens is 773 g/mol. The zero-order valence-corrected chi connectivity index (χ0v) is 37.5. The summed E-state index contributed by atoms with van der Waals surface area (Å²) in [7, 11) is 0. The first-order chi connectivity index (χ1) is 31.1. The van der Waals surface area contributed by atoms with E-state index >= 15 is 0 Å². The molecule has 9 aromatic carbocycles. The van der Waals surface area contributed by atoms with E-state index in [1.165, 1.54) is 99.2 Å². The van der Waals surface area contributed by atoms with Crippen molar-refractivity contribution in [3.63, 3.8) is 0 Å². The fourth-order valence-corrected chi connectivity index (χ4v) is 10.6. The smallest absolute Gasteiger partial charge is 0.0619 e. The van der Waals surface area contributed by atoms with Gasteiger partial charge in [-0.2, -0.15) is 0 Å². The summed E-state index contributed by atoms with van der Waals surface area (Å²) in [5, 5.41) is 7.72. The summed E-state index contributed by atoms with van der Waals surface area (Å²) in [6, 6.07) is 76.0. The Morgan fingerprint density at radius 1 is 0.281 bits per heavy atom. The maximum Gasteiger partial charge on any atom is 0.0619 e. The van der Waals surface area contributed by atoms with Crippen LogP contribution in [0.1, 0.15) is 52.7 Å². The van der Waals surface area contributed by atoms with Crippen LogP contribution in [0.3, 0.4) is 0 Å². The molecule has 0 atom stereocenters. The number of hydrogen-bond donors (Lipinski definition) is 0. The molecule has 0 amide bonds. The molecule has 0 fully saturated rings. The van der Waals surface area contributed by atoms with E-state index < -0.39 is 0 Å². The maximum atomic E-state index is 2.55. The van der Waals surface area contributed by atoms with Crippen LogP contribution in [0.2, 0.25) is 0 Å². The first kappa shape index (κ1) is 39.4. The van der Waals surface area contributed by atoms with E-state index in [4.69, 9.17) is 0 Å². The van der Waals surface area contributed by atoms with Crippen LogP contribution in [-0.4, -0.2) is 9.13 Å². The molecule has 11 aromatic rings. The van der Waals surface area contributed by atoms with Crippen LogP contribution >= 0.6 is 0 Å². The lowest BCUT2D eigenvalue weighted by Gasteiger charge is -2.31. The van der Waals surface area contributed by atoms with E-state index in [1.807, 2.05) is 0 Å². The van der Waals surface area contributed by atoms with Crippen LogP contribution in [0.15, 0.2) is 206 Å². The van der Waals surface area contributed by atoms with Crippen molar-refractivity contribution in [3.05, 3.63) is 217 Å². The van der Waals surface area contributed by atoms with Crippen molar-refractivity contribution >= 4 is 43.4 Å². The number of hydrogen-bond acceptors (Lipinski definition) is 0. The van der Waals surface area contributed by atoms with Crippen LogP contribution in [0.4, 0.5) is 0 Å². The van der Waals surface area contributed by atoms with Crippen LogP contribution in [-0.2, 0) is 10.8 Å². The van der Waals surface area contributed by atoms with Crippen LogP contribution in [0.25, 0.3) is 99.5 Å². The van der Waals surface area contributed by atoms with Gasteiger partial charge in [-0.15, -0.1) is 0 Å². The number of nitrogens with zero attached hydrogens (tertiary/aromatic N) is 2. The minimum atomic E-state index is -0.208. The Labute approximate surface area is 376 Å². The first-order valence-electron chi connectivity index (χ1n) is 22.6. The second kappa shape index (κ2) is 15.1. The van der Waals surface area contributed by atoms with Crippen molar-refractivity contribution in [2.75, 3.05) is 0 Å². The molecule has 310 valence electrons. The summed E-state index contributed by atoms with van der Waals surface area (Å²) < 4.78 is 5.03. The van der Waals surface area contributed by atoms with E-state index in [-0.39, 0.29) is 10.8 Å². The molecule has 0 aliphatic heterocycles. The Morgan fingerprint density at radius 2 is 0.547 bits per heavy atom. The number of aromatic nitrogens is 2. The predicted octanol–water partition coefficient (Wildman–Crippen LogP) is 17.1. The van der Waals surface area contributed by atoms with Gasteiger partial charge in [0.2, 0.25) is 0 Å². The largest absolute Gasteiger partial charge is 0.309 e. The van der Waals surface area contributed by atoms with E-state index in [2.05, 4.69) is 257 Å². The molecule has 11 rings (SSSR count). The normalized spacial score (nSPS) is 12.2. The summed E-state index contributed by atoms with van der Waals surface area (Å²) in [4.78, 5) is 0. The van der Waals surface area contributed by atoms with Gasteiger partial charge in [-0.1, -0.05) is 199 Å². The van der Waals surface area contributed by atoms with Crippen molar-refractivity contribution in [1.82, 2.24) is 9.13 Å². The Hall–Kier alpha value is -7.42. The minimum Gasteiger partial charge on any atom is -0.309 e. The van der Waals surface area contributed by atoms with E-state index in [0.29, 0.717) is 0 Å². The van der Waals surface area contributed by atoms with Gasteiger partial charge in [-0.05, 0) is 114 Å². The van der Waals surface area contributed by atoms with E-state index in [1.54, 1.807) is 0 Å². The highest BCUT2D eigenvalue weighted by atomic mass is 15.0. The van der Waals surface area contributed by atoms with Gasteiger partial charge < -0.3 is 9.13 Å². The van der Waals surface area contributed by atoms with Gasteiger partial charge in [0.25, 0.3) is 0 Å². The highest BCUT2D eigenvalue weighted by Crippen LogP contribution is 2.52. The molecular formula is C62H52N2. The molecule has 0 aliphatic rings. The van der Waals surface area contributed by atoms with Gasteiger partial charge in [-0.25, -0.2) is 0 Å². The second-order valence-corrected chi connectivity index (χ2v) is 19.3. The number of benzene rings is 9. The average molecular weight is 825 g/mol. The molecule has 0 spiro atoms. The number of fused-ring (bicyclic) bond motifs is 4. The van der Waals surface area contributed by atoms with Crippen molar-refractivity contribution in [2.24, 2.45) is 0 Å². The lowest BCUT2D eigenvalue weighted by molar-refractivity contribution is 0.593. The highest BCUT2D eigenvalue weighted by molar-refractivity contribution is 6.19. The molecule has 2 aromatic heterocycles. The van der Waals surface area contributed by atoms with Crippen LogP contribution in [0, 0.1) is 0 Å². The van der Waals surface area contributed by atoms with Crippen LogP contribution < -0.4 is 0 Å². The summed E-state index contributed by atoms with van der Waals surface area (Å²) in [6.07, 6.45) is 0. The molecule has 0 aliphatic carbocycles. The molecule has 2 heterocycles. The number of rotatable bonds is 6. The van der Waals surface area contributed by atoms with Gasteiger partial charge in [0.05, 0.1) is 22.4 Å². The number of para-hydroxylation sites is 2. The summed E-state index contributed by atoms with van der Waals surface area (Å²) in [5.41, 5.74) is 16.7. The third kappa shape index (κ3) is 6.39. The molecule has 64 heavy (non-hydrogen) atoms. The van der Waals surface area contributed by atoms with Gasteiger partial charge >= 0.3 is 0 Å². The lowest BCUT2D eigenvalue weighted by Crippen LogP contribution is -2.17. The molecule has 0 radical (unpaired) electrons. The third-order valence-electron chi connectivity index (χ3n) is 13.0. The fraction of sp³-hybridized carbons (Fsp3) is 0.129. The van der Waals surface area contributed by atoms with E-state index in [9.17, 15) is 0 Å². The van der Waals surface area contributed by atoms with Crippen molar-refractivity contribution in [1.29, 1.82) is 0 Å². The zero-order valence-electron chi connectivity index (χ0n) is 37.5. The second-order valence-electron chi connectivity index (χ2n) is 19.3. The van der Waals surface area contributed by atoms with Gasteiger partial charge in [-0.3, -0.25) is 0 Å². The quantitative estimate of drug-likeness (QED) is 0.148. The molecule has 2 heteroatoms. The summed E-state index contributed by atoms with van der Waals surface area (Å²) >= 11 is 0. The standard InChI is InChI=1S/C62H52N2/c1-61(2,3)57-47-37-51-54(64(46-35-23-12-24-36-46)59(43-29-17-9-18-30-43)55(51)41-25-13-7-14-26-41)40-50(47)58(62(4,5)6)48-38-52-53(39-49(48)57)63(45-33-21-11-22-34-45)60(44-31-19-10-20-32-44)56(52)42-27-15-8-16-28-42/h7-40H,1-6H3. The maximum absolute atomic E-state index is 2.55. The Balaban J connectivity index is 1.39. The Morgan fingerprint density at radius 3 is 0.844 bits per heavy atom. The Kier molecular flexibility index (Phi) is 9.33. The molecule has 0 bridgehead atoms. The van der Waals surface area contributed by atoms with Crippen molar-refractivity contribution < 1.29 is 0 Å². The first-order valence-corrected chi connectivity index (χ1v) is 22.6. The average Bonchev–Trinajstić information content (AvgIpc) is 3.83. The van der Waals surface area contributed by atoms with Gasteiger partial charge in [0.15, 0.2) is 0 Å². The zero-order chi connectivity index (χ0) is 43.7. The molecule has 0 saturated heterocycles. The lowest BCUT2D eigenvalue weighted by atomic mass is 9.73. The summed E-state index contributed by atoms with van der Waals surface area (Å²) in [5.74, 6) is 0. The topological polar surface area (TPSA) is 9.86 Å².